The molecule has 1 unspecified atom stereocenters. The molecule has 1 aromatic heterocycles. The number of nitrogens with zero attached hydrogens (tertiary/aromatic N) is 2. The number of aromatic nitrogens is 1. The minimum absolute atomic E-state index is 0.165. The third-order valence-corrected chi connectivity index (χ3v) is 3.20. The Morgan fingerprint density at radius 1 is 1.55 bits per heavy atom. The fraction of sp³-hybridized carbons (Fsp3) is 0.571. The Balaban J connectivity index is 1.96. The predicted octanol–water partition coefficient (Wildman–Crippen LogP) is 1.06. The van der Waals surface area contributed by atoms with Crippen LogP contribution in [0, 0.1) is 0 Å². The summed E-state index contributed by atoms with van der Waals surface area (Å²) in [7, 11) is 0. The van der Waals surface area contributed by atoms with E-state index in [1.807, 2.05) is 6.07 Å². The molecule has 0 aliphatic carbocycles. The molecule has 0 bridgehead atoms. The molecule has 1 aliphatic rings. The molecule has 1 fully saturated rings. The molecule has 1 amide bonds. The highest BCUT2D eigenvalue weighted by Gasteiger charge is 2.49. The number of aliphatic hydroxyl groups is 1. The third-order valence-electron chi connectivity index (χ3n) is 3.20. The summed E-state index contributed by atoms with van der Waals surface area (Å²) >= 11 is 0. The van der Waals surface area contributed by atoms with E-state index in [4.69, 9.17) is 10.5 Å². The highest BCUT2D eigenvalue weighted by molar-refractivity contribution is 5.69. The molecule has 20 heavy (non-hydrogen) atoms. The lowest BCUT2D eigenvalue weighted by Gasteiger charge is -2.49. The first kappa shape index (κ1) is 14.7. The van der Waals surface area contributed by atoms with E-state index in [1.165, 1.54) is 4.90 Å². The van der Waals surface area contributed by atoms with Crippen LogP contribution in [0.2, 0.25) is 0 Å². The second-order valence-electron chi connectivity index (χ2n) is 6.20. The van der Waals surface area contributed by atoms with E-state index in [0.29, 0.717) is 0 Å². The zero-order valence-electron chi connectivity index (χ0n) is 12.0. The third kappa shape index (κ3) is 3.08. The number of β-amino-alcohol motifs (C(OH)–C–C–N with tert-alkyl or cyclic N) is 1. The van der Waals surface area contributed by atoms with Gasteiger partial charge in [0.05, 0.1) is 19.1 Å². The monoisotopic (exact) mass is 279 g/mol. The second-order valence-corrected chi connectivity index (χ2v) is 6.20. The van der Waals surface area contributed by atoms with Crippen molar-refractivity contribution in [2.45, 2.75) is 38.0 Å². The number of carbonyl (C=O) groups excluding carboxylic acids is 1. The first-order valence-electron chi connectivity index (χ1n) is 6.57. The van der Waals surface area contributed by atoms with Gasteiger partial charge in [-0.15, -0.1) is 0 Å². The van der Waals surface area contributed by atoms with Crippen LogP contribution in [0.1, 0.15) is 32.4 Å². The van der Waals surface area contributed by atoms with Crippen molar-refractivity contribution in [2.24, 2.45) is 5.73 Å². The molecule has 0 aromatic carbocycles. The van der Waals surface area contributed by atoms with Crippen LogP contribution in [0.25, 0.3) is 0 Å². The van der Waals surface area contributed by atoms with Gasteiger partial charge in [-0.05, 0) is 32.4 Å². The Labute approximate surface area is 118 Å². The molecule has 1 aliphatic heterocycles. The summed E-state index contributed by atoms with van der Waals surface area (Å²) in [4.78, 5) is 17.3. The van der Waals surface area contributed by atoms with Gasteiger partial charge in [0, 0.05) is 12.4 Å². The van der Waals surface area contributed by atoms with E-state index in [9.17, 15) is 9.90 Å². The van der Waals surface area contributed by atoms with Crippen LogP contribution in [0.15, 0.2) is 24.5 Å². The van der Waals surface area contributed by atoms with Crippen LogP contribution >= 0.6 is 0 Å². The minimum Gasteiger partial charge on any atom is -0.444 e. The lowest BCUT2D eigenvalue weighted by atomic mass is 9.83. The number of hydrogen-bond acceptors (Lipinski definition) is 5. The zero-order valence-corrected chi connectivity index (χ0v) is 12.0. The standard InChI is InChI=1S/C14H21N3O3/c1-13(2,3)20-12(18)17-8-14(19,9-17)11(15)10-5-4-6-16-7-10/h4-7,11,19H,8-9,15H2,1-3H3. The average Bonchev–Trinajstić information content (AvgIpc) is 2.33. The van der Waals surface area contributed by atoms with Crippen LogP contribution in [0.3, 0.4) is 0 Å². The molecule has 6 heteroatoms. The molecule has 1 saturated heterocycles. The second kappa shape index (κ2) is 5.03. The lowest BCUT2D eigenvalue weighted by molar-refractivity contribution is -0.113. The van der Waals surface area contributed by atoms with Crippen molar-refractivity contribution >= 4 is 6.09 Å². The predicted molar refractivity (Wildman–Crippen MR) is 73.9 cm³/mol. The van der Waals surface area contributed by atoms with E-state index in [2.05, 4.69) is 4.98 Å². The van der Waals surface area contributed by atoms with Gasteiger partial charge in [0.2, 0.25) is 0 Å². The molecule has 3 N–H and O–H groups in total. The average molecular weight is 279 g/mol. The number of ether oxygens (including phenoxy) is 1. The number of nitrogens with two attached hydrogens (primary N) is 1. The summed E-state index contributed by atoms with van der Waals surface area (Å²) in [6.07, 6.45) is 2.84. The van der Waals surface area contributed by atoms with Gasteiger partial charge in [0.25, 0.3) is 0 Å². The number of likely N-dealkylation sites (tertiary alicyclic amines) is 1. The molecule has 0 spiro atoms. The Hall–Kier alpha value is -1.66. The van der Waals surface area contributed by atoms with Gasteiger partial charge in [0.1, 0.15) is 11.2 Å². The van der Waals surface area contributed by atoms with Crippen molar-refractivity contribution in [3.8, 4) is 0 Å². The summed E-state index contributed by atoms with van der Waals surface area (Å²) in [6, 6.07) is 3.00. The first-order chi connectivity index (χ1) is 9.21. The Kier molecular flexibility index (Phi) is 3.71. The molecule has 1 aromatic rings. The molecular formula is C14H21N3O3. The van der Waals surface area contributed by atoms with Crippen LogP contribution in [-0.2, 0) is 4.74 Å². The molecule has 0 radical (unpaired) electrons. The maximum absolute atomic E-state index is 11.8. The van der Waals surface area contributed by atoms with Gasteiger partial charge in [-0.1, -0.05) is 6.07 Å². The Morgan fingerprint density at radius 3 is 2.70 bits per heavy atom. The van der Waals surface area contributed by atoms with Crippen molar-refractivity contribution < 1.29 is 14.6 Å². The quantitative estimate of drug-likeness (QED) is 0.845. The first-order valence-corrected chi connectivity index (χ1v) is 6.57. The van der Waals surface area contributed by atoms with Gasteiger partial charge in [-0.2, -0.15) is 0 Å². The molecule has 6 nitrogen and oxygen atoms in total. The van der Waals surface area contributed by atoms with Gasteiger partial charge in [-0.3, -0.25) is 4.98 Å². The van der Waals surface area contributed by atoms with Crippen molar-refractivity contribution in [3.63, 3.8) is 0 Å². The summed E-state index contributed by atoms with van der Waals surface area (Å²) in [6.45, 7) is 5.74. The number of amides is 1. The smallest absolute Gasteiger partial charge is 0.410 e. The number of pyridine rings is 1. The summed E-state index contributed by atoms with van der Waals surface area (Å²) in [5.41, 5.74) is 5.13. The number of hydrogen-bond donors (Lipinski definition) is 2. The van der Waals surface area contributed by atoms with E-state index >= 15 is 0 Å². The van der Waals surface area contributed by atoms with E-state index < -0.39 is 23.3 Å². The van der Waals surface area contributed by atoms with E-state index in [0.717, 1.165) is 5.56 Å². The SMILES string of the molecule is CC(C)(C)OC(=O)N1CC(O)(C(N)c2cccnc2)C1. The van der Waals surface area contributed by atoms with Gasteiger partial charge in [0.15, 0.2) is 0 Å². The molecule has 110 valence electrons. The van der Waals surface area contributed by atoms with Crippen molar-refractivity contribution in [1.29, 1.82) is 0 Å². The van der Waals surface area contributed by atoms with E-state index in [-0.39, 0.29) is 13.1 Å². The normalized spacial score (nSPS) is 19.1. The summed E-state index contributed by atoms with van der Waals surface area (Å²) < 4.78 is 5.24. The fourth-order valence-corrected chi connectivity index (χ4v) is 2.14. The van der Waals surface area contributed by atoms with Gasteiger partial charge < -0.3 is 20.5 Å². The summed E-state index contributed by atoms with van der Waals surface area (Å²) in [5, 5.41) is 10.4. The topological polar surface area (TPSA) is 88.7 Å². The van der Waals surface area contributed by atoms with Crippen molar-refractivity contribution in [2.75, 3.05) is 13.1 Å². The molecule has 0 saturated carbocycles. The van der Waals surface area contributed by atoms with Gasteiger partial charge >= 0.3 is 6.09 Å². The van der Waals surface area contributed by atoms with Crippen LogP contribution in [0.5, 0.6) is 0 Å². The Bertz CT molecular complexity index is 478. The van der Waals surface area contributed by atoms with Crippen molar-refractivity contribution in [3.05, 3.63) is 30.1 Å². The van der Waals surface area contributed by atoms with Crippen LogP contribution in [-0.4, -0.2) is 45.4 Å². The highest BCUT2D eigenvalue weighted by atomic mass is 16.6. The number of carbonyl (C=O) groups is 1. The molecule has 2 rings (SSSR count). The minimum atomic E-state index is -1.13. The maximum atomic E-state index is 11.8. The number of rotatable bonds is 2. The largest absolute Gasteiger partial charge is 0.444 e. The molecular weight excluding hydrogens is 258 g/mol. The van der Waals surface area contributed by atoms with E-state index in [1.54, 1.807) is 39.2 Å². The summed E-state index contributed by atoms with van der Waals surface area (Å²) in [5.74, 6) is 0. The van der Waals surface area contributed by atoms with Gasteiger partial charge in [-0.25, -0.2) is 4.79 Å². The Morgan fingerprint density at radius 2 is 2.20 bits per heavy atom. The zero-order chi connectivity index (χ0) is 15.0. The van der Waals surface area contributed by atoms with Crippen molar-refractivity contribution in [1.82, 2.24) is 9.88 Å². The van der Waals surface area contributed by atoms with Crippen LogP contribution < -0.4 is 5.73 Å². The lowest BCUT2D eigenvalue weighted by Crippen LogP contribution is -2.68. The van der Waals surface area contributed by atoms with Crippen LogP contribution in [0.4, 0.5) is 4.79 Å². The molecule has 2 heterocycles. The maximum Gasteiger partial charge on any atom is 0.410 e. The molecule has 1 atom stereocenters. The fourth-order valence-electron chi connectivity index (χ4n) is 2.14. The highest BCUT2D eigenvalue weighted by Crippen LogP contribution is 2.33.